The van der Waals surface area contributed by atoms with Gasteiger partial charge in [0.15, 0.2) is 0 Å². The van der Waals surface area contributed by atoms with Gasteiger partial charge in [-0.2, -0.15) is 0 Å². The predicted octanol–water partition coefficient (Wildman–Crippen LogP) is 3.69. The van der Waals surface area contributed by atoms with E-state index < -0.39 is 0 Å². The largest absolute Gasteiger partial charge is 0.493 e. The molecule has 116 valence electrons. The zero-order chi connectivity index (χ0) is 14.7. The van der Waals surface area contributed by atoms with E-state index in [-0.39, 0.29) is 6.10 Å². The van der Waals surface area contributed by atoms with Crippen molar-refractivity contribution < 1.29 is 9.84 Å². The maximum Gasteiger partial charge on any atom is 0.125 e. The van der Waals surface area contributed by atoms with Gasteiger partial charge in [0.05, 0.1) is 12.7 Å². The van der Waals surface area contributed by atoms with E-state index in [0.717, 1.165) is 56.0 Å². The predicted molar refractivity (Wildman–Crippen MR) is 84.9 cm³/mol. The molecule has 1 aromatic rings. The molecule has 1 aromatic carbocycles. The summed E-state index contributed by atoms with van der Waals surface area (Å²) in [7, 11) is 0. The molecule has 3 rings (SSSR count). The second-order valence-electron chi connectivity index (χ2n) is 6.32. The van der Waals surface area contributed by atoms with E-state index in [9.17, 15) is 5.11 Å². The fraction of sp³-hybridized carbons (Fsp3) is 0.647. The van der Waals surface area contributed by atoms with Crippen molar-refractivity contribution in [2.45, 2.75) is 50.7 Å². The Morgan fingerprint density at radius 1 is 1.24 bits per heavy atom. The van der Waals surface area contributed by atoms with Gasteiger partial charge in [-0.3, -0.25) is 0 Å². The Kier molecular flexibility index (Phi) is 5.04. The summed E-state index contributed by atoms with van der Waals surface area (Å²) in [5.41, 5.74) is 1.22. The normalized spacial score (nSPS) is 29.3. The van der Waals surface area contributed by atoms with Crippen molar-refractivity contribution in [2.24, 2.45) is 5.92 Å². The van der Waals surface area contributed by atoms with Crippen LogP contribution in [0.5, 0.6) is 5.75 Å². The summed E-state index contributed by atoms with van der Waals surface area (Å²) < 4.78 is 5.80. The van der Waals surface area contributed by atoms with Crippen LogP contribution in [-0.2, 0) is 0 Å². The second kappa shape index (κ2) is 6.99. The minimum atomic E-state index is -0.103. The highest BCUT2D eigenvalue weighted by Gasteiger charge is 2.23. The minimum absolute atomic E-state index is 0.103. The van der Waals surface area contributed by atoms with Gasteiger partial charge in [0.25, 0.3) is 0 Å². The van der Waals surface area contributed by atoms with Gasteiger partial charge in [-0.15, -0.1) is 0 Å². The number of nitrogens with one attached hydrogen (secondary N) is 1. The first-order chi connectivity index (χ1) is 10.2. The lowest BCUT2D eigenvalue weighted by atomic mass is 9.87. The van der Waals surface area contributed by atoms with Crippen LogP contribution in [0, 0.1) is 5.92 Å². The number of aliphatic hydroxyl groups is 1. The lowest BCUT2D eigenvalue weighted by molar-refractivity contribution is 0.0995. The number of rotatable bonds is 3. The van der Waals surface area contributed by atoms with Gasteiger partial charge in [-0.25, -0.2) is 0 Å². The fourth-order valence-corrected chi connectivity index (χ4v) is 3.68. The summed E-state index contributed by atoms with van der Waals surface area (Å²) >= 11 is 6.06. The first-order valence-corrected chi connectivity index (χ1v) is 8.44. The molecule has 0 radical (unpaired) electrons. The Balaban J connectivity index is 1.65. The van der Waals surface area contributed by atoms with Gasteiger partial charge in [-0.1, -0.05) is 24.1 Å². The van der Waals surface area contributed by atoms with Crippen LogP contribution in [0.4, 0.5) is 0 Å². The average molecular weight is 310 g/mol. The topological polar surface area (TPSA) is 41.5 Å². The van der Waals surface area contributed by atoms with Crippen molar-refractivity contribution in [3.05, 3.63) is 28.8 Å². The second-order valence-corrected chi connectivity index (χ2v) is 6.76. The van der Waals surface area contributed by atoms with Crippen molar-refractivity contribution in [1.29, 1.82) is 0 Å². The first-order valence-electron chi connectivity index (χ1n) is 8.06. The van der Waals surface area contributed by atoms with E-state index in [2.05, 4.69) is 11.4 Å². The van der Waals surface area contributed by atoms with Gasteiger partial charge >= 0.3 is 0 Å². The third-order valence-electron chi connectivity index (χ3n) is 4.65. The van der Waals surface area contributed by atoms with Gasteiger partial charge in [-0.05, 0) is 56.7 Å². The Morgan fingerprint density at radius 2 is 2.14 bits per heavy atom. The van der Waals surface area contributed by atoms with E-state index in [1.165, 1.54) is 12.0 Å². The maximum absolute atomic E-state index is 9.79. The molecule has 0 bridgehead atoms. The SMILES string of the molecule is OC1CCCC(CNC2CCCOc3cc(Cl)ccc32)C1. The lowest BCUT2D eigenvalue weighted by Gasteiger charge is -2.28. The smallest absolute Gasteiger partial charge is 0.125 e. The molecule has 1 saturated carbocycles. The van der Waals surface area contributed by atoms with Gasteiger partial charge in [0.2, 0.25) is 0 Å². The molecule has 0 amide bonds. The molecule has 1 aliphatic carbocycles. The Morgan fingerprint density at radius 3 is 3.00 bits per heavy atom. The molecule has 1 aliphatic heterocycles. The highest BCUT2D eigenvalue weighted by Crippen LogP contribution is 2.34. The number of fused-ring (bicyclic) bond motifs is 1. The third kappa shape index (κ3) is 3.91. The Bertz CT molecular complexity index is 480. The summed E-state index contributed by atoms with van der Waals surface area (Å²) in [6.07, 6.45) is 6.31. The quantitative estimate of drug-likeness (QED) is 0.894. The van der Waals surface area contributed by atoms with Crippen molar-refractivity contribution in [3.8, 4) is 5.75 Å². The lowest BCUT2D eigenvalue weighted by Crippen LogP contribution is -2.31. The molecule has 1 fully saturated rings. The summed E-state index contributed by atoms with van der Waals surface area (Å²) in [6, 6.07) is 6.27. The first kappa shape index (κ1) is 15.1. The molecular weight excluding hydrogens is 286 g/mol. The molecule has 3 nitrogen and oxygen atoms in total. The van der Waals surface area contributed by atoms with Crippen molar-refractivity contribution in [1.82, 2.24) is 5.32 Å². The summed E-state index contributed by atoms with van der Waals surface area (Å²) in [5, 5.41) is 14.2. The van der Waals surface area contributed by atoms with Crippen LogP contribution in [0.2, 0.25) is 5.02 Å². The number of aliphatic hydroxyl groups excluding tert-OH is 1. The highest BCUT2D eigenvalue weighted by molar-refractivity contribution is 6.30. The highest BCUT2D eigenvalue weighted by atomic mass is 35.5. The molecule has 4 heteroatoms. The average Bonchev–Trinajstić information content (AvgIpc) is 2.67. The summed E-state index contributed by atoms with van der Waals surface area (Å²) in [4.78, 5) is 0. The van der Waals surface area contributed by atoms with E-state index in [1.54, 1.807) is 0 Å². The van der Waals surface area contributed by atoms with Crippen LogP contribution in [-0.4, -0.2) is 24.4 Å². The summed E-state index contributed by atoms with van der Waals surface area (Å²) in [6.45, 7) is 1.73. The zero-order valence-corrected chi connectivity index (χ0v) is 13.1. The van der Waals surface area contributed by atoms with Crippen LogP contribution >= 0.6 is 11.6 Å². The van der Waals surface area contributed by atoms with E-state index in [0.29, 0.717) is 12.0 Å². The third-order valence-corrected chi connectivity index (χ3v) is 4.89. The number of hydrogen-bond acceptors (Lipinski definition) is 3. The molecule has 21 heavy (non-hydrogen) atoms. The van der Waals surface area contributed by atoms with Crippen LogP contribution < -0.4 is 10.1 Å². The van der Waals surface area contributed by atoms with Crippen LogP contribution in [0.25, 0.3) is 0 Å². The molecule has 0 saturated heterocycles. The number of ether oxygens (including phenoxy) is 1. The van der Waals surface area contributed by atoms with Crippen molar-refractivity contribution >= 4 is 11.6 Å². The Labute approximate surface area is 131 Å². The molecule has 1 heterocycles. The van der Waals surface area contributed by atoms with Gasteiger partial charge in [0, 0.05) is 16.6 Å². The van der Waals surface area contributed by atoms with Gasteiger partial charge < -0.3 is 15.2 Å². The molecule has 0 spiro atoms. The maximum atomic E-state index is 9.79. The molecule has 3 atom stereocenters. The molecule has 3 unspecified atom stereocenters. The van der Waals surface area contributed by atoms with Crippen LogP contribution in [0.1, 0.15) is 50.1 Å². The van der Waals surface area contributed by atoms with E-state index in [1.807, 2.05) is 12.1 Å². The standard InChI is InChI=1S/C17H24ClNO2/c18-13-6-7-15-16(5-2-8-21-17(15)10-13)19-11-12-3-1-4-14(20)9-12/h6-7,10,12,14,16,19-20H,1-5,8-9,11H2. The van der Waals surface area contributed by atoms with Gasteiger partial charge in [0.1, 0.15) is 5.75 Å². The van der Waals surface area contributed by atoms with Crippen molar-refractivity contribution in [3.63, 3.8) is 0 Å². The number of halogens is 1. The Hall–Kier alpha value is -0.770. The fourth-order valence-electron chi connectivity index (χ4n) is 3.52. The van der Waals surface area contributed by atoms with E-state index >= 15 is 0 Å². The monoisotopic (exact) mass is 309 g/mol. The number of hydrogen-bond donors (Lipinski definition) is 2. The van der Waals surface area contributed by atoms with Crippen molar-refractivity contribution in [2.75, 3.05) is 13.2 Å². The molecule has 0 aromatic heterocycles. The molecular formula is C17H24ClNO2. The summed E-state index contributed by atoms with van der Waals surface area (Å²) in [5.74, 6) is 1.51. The zero-order valence-electron chi connectivity index (χ0n) is 12.4. The number of benzene rings is 1. The van der Waals surface area contributed by atoms with E-state index in [4.69, 9.17) is 16.3 Å². The van der Waals surface area contributed by atoms with Crippen LogP contribution in [0.3, 0.4) is 0 Å². The van der Waals surface area contributed by atoms with Crippen LogP contribution in [0.15, 0.2) is 18.2 Å². The molecule has 2 aliphatic rings. The molecule has 2 N–H and O–H groups in total. The minimum Gasteiger partial charge on any atom is -0.493 e.